The predicted octanol–water partition coefficient (Wildman–Crippen LogP) is -0.140. The summed E-state index contributed by atoms with van der Waals surface area (Å²) in [6.07, 6.45) is 0.518. The number of rotatable bonds is 5. The molecule has 0 aliphatic rings. The SMILES string of the molecule is O=C(O)COCCc1ccc2[nH]c(=O)c(=O)[nH]c2c1. The minimum absolute atomic E-state index is 0.269. The topological polar surface area (TPSA) is 112 Å². The molecule has 2 aromatic rings. The van der Waals surface area contributed by atoms with Crippen LogP contribution in [0.5, 0.6) is 0 Å². The molecule has 1 aromatic heterocycles. The van der Waals surface area contributed by atoms with Crippen LogP contribution >= 0.6 is 0 Å². The van der Waals surface area contributed by atoms with E-state index >= 15 is 0 Å². The Morgan fingerprint density at radius 1 is 1.16 bits per heavy atom. The first-order valence-corrected chi connectivity index (χ1v) is 5.61. The van der Waals surface area contributed by atoms with Gasteiger partial charge in [-0.2, -0.15) is 0 Å². The number of hydrogen-bond acceptors (Lipinski definition) is 4. The van der Waals surface area contributed by atoms with Crippen molar-refractivity contribution in [3.8, 4) is 0 Å². The lowest BCUT2D eigenvalue weighted by molar-refractivity contribution is -0.142. The van der Waals surface area contributed by atoms with E-state index in [2.05, 4.69) is 9.97 Å². The molecule has 0 unspecified atom stereocenters. The summed E-state index contributed by atoms with van der Waals surface area (Å²) in [5, 5.41) is 8.41. The minimum Gasteiger partial charge on any atom is -0.480 e. The van der Waals surface area contributed by atoms with Gasteiger partial charge >= 0.3 is 17.1 Å². The number of aromatic amines is 2. The van der Waals surface area contributed by atoms with Gasteiger partial charge in [0.15, 0.2) is 0 Å². The maximum atomic E-state index is 11.2. The monoisotopic (exact) mass is 264 g/mol. The molecule has 3 N–H and O–H groups in total. The Kier molecular flexibility index (Phi) is 3.76. The van der Waals surface area contributed by atoms with Crippen LogP contribution in [0.3, 0.4) is 0 Å². The Balaban J connectivity index is 2.13. The van der Waals surface area contributed by atoms with Gasteiger partial charge in [0, 0.05) is 0 Å². The summed E-state index contributed by atoms with van der Waals surface area (Å²) in [7, 11) is 0. The quantitative estimate of drug-likeness (QED) is 0.514. The van der Waals surface area contributed by atoms with E-state index in [1.807, 2.05) is 0 Å². The zero-order valence-electron chi connectivity index (χ0n) is 9.93. The highest BCUT2D eigenvalue weighted by atomic mass is 16.5. The van der Waals surface area contributed by atoms with Crippen LogP contribution in [0.2, 0.25) is 0 Å². The van der Waals surface area contributed by atoms with E-state index in [-0.39, 0.29) is 13.2 Å². The fraction of sp³-hybridized carbons (Fsp3) is 0.250. The summed E-state index contributed by atoms with van der Waals surface area (Å²) in [5.41, 5.74) is 0.553. The molecule has 0 fully saturated rings. The molecule has 19 heavy (non-hydrogen) atoms. The molecule has 0 bridgehead atoms. The van der Waals surface area contributed by atoms with E-state index in [9.17, 15) is 14.4 Å². The van der Waals surface area contributed by atoms with Crippen LogP contribution < -0.4 is 11.1 Å². The number of ether oxygens (including phenoxy) is 1. The van der Waals surface area contributed by atoms with Gasteiger partial charge in [-0.3, -0.25) is 9.59 Å². The maximum Gasteiger partial charge on any atom is 0.329 e. The maximum absolute atomic E-state index is 11.2. The average molecular weight is 264 g/mol. The molecule has 1 aromatic carbocycles. The molecular weight excluding hydrogens is 252 g/mol. The molecule has 7 nitrogen and oxygen atoms in total. The van der Waals surface area contributed by atoms with E-state index in [0.29, 0.717) is 17.5 Å². The first-order chi connectivity index (χ1) is 9.06. The molecule has 0 saturated heterocycles. The van der Waals surface area contributed by atoms with E-state index in [1.54, 1.807) is 18.2 Å². The number of aliphatic carboxylic acids is 1. The van der Waals surface area contributed by atoms with Crippen molar-refractivity contribution in [1.82, 2.24) is 9.97 Å². The lowest BCUT2D eigenvalue weighted by atomic mass is 10.1. The third-order valence-corrected chi connectivity index (χ3v) is 2.55. The minimum atomic E-state index is -1.01. The van der Waals surface area contributed by atoms with Gasteiger partial charge in [-0.15, -0.1) is 0 Å². The molecule has 0 aliphatic carbocycles. The normalized spacial score (nSPS) is 10.7. The van der Waals surface area contributed by atoms with Crippen molar-refractivity contribution in [2.24, 2.45) is 0 Å². The van der Waals surface area contributed by atoms with Crippen molar-refractivity contribution in [3.63, 3.8) is 0 Å². The third kappa shape index (κ3) is 3.29. The standard InChI is InChI=1S/C12H12N2O5/c15-10(16)6-19-4-3-7-1-2-8-9(5-7)14-12(18)11(17)13-8/h1-2,5H,3-4,6H2,(H,13,17)(H,14,18)(H,15,16). The first kappa shape index (κ1) is 13.0. The summed E-state index contributed by atoms with van der Waals surface area (Å²) in [6.45, 7) is -0.0663. The van der Waals surface area contributed by atoms with Crippen LogP contribution in [0.25, 0.3) is 11.0 Å². The Morgan fingerprint density at radius 3 is 2.53 bits per heavy atom. The highest BCUT2D eigenvalue weighted by molar-refractivity contribution is 5.74. The lowest BCUT2D eigenvalue weighted by Gasteiger charge is -2.03. The molecular formula is C12H12N2O5. The predicted molar refractivity (Wildman–Crippen MR) is 67.3 cm³/mol. The first-order valence-electron chi connectivity index (χ1n) is 5.61. The number of H-pyrrole nitrogens is 2. The molecule has 0 amide bonds. The van der Waals surface area contributed by atoms with Gasteiger partial charge in [0.1, 0.15) is 6.61 Å². The van der Waals surface area contributed by atoms with Crippen LogP contribution in [-0.4, -0.2) is 34.3 Å². The van der Waals surface area contributed by atoms with E-state index in [1.165, 1.54) is 0 Å². The number of aromatic nitrogens is 2. The van der Waals surface area contributed by atoms with Crippen molar-refractivity contribution >= 4 is 17.0 Å². The summed E-state index contributed by atoms with van der Waals surface area (Å²) >= 11 is 0. The zero-order chi connectivity index (χ0) is 13.8. The second-order valence-corrected chi connectivity index (χ2v) is 3.98. The lowest BCUT2D eigenvalue weighted by Crippen LogP contribution is -2.28. The van der Waals surface area contributed by atoms with Crippen molar-refractivity contribution < 1.29 is 14.6 Å². The van der Waals surface area contributed by atoms with E-state index in [4.69, 9.17) is 9.84 Å². The van der Waals surface area contributed by atoms with Gasteiger partial charge in [-0.1, -0.05) is 6.07 Å². The van der Waals surface area contributed by atoms with Crippen LogP contribution in [-0.2, 0) is 16.0 Å². The summed E-state index contributed by atoms with van der Waals surface area (Å²) in [4.78, 5) is 37.5. The molecule has 0 saturated carbocycles. The smallest absolute Gasteiger partial charge is 0.329 e. The van der Waals surface area contributed by atoms with Crippen LogP contribution in [0.15, 0.2) is 27.8 Å². The fourth-order valence-electron chi connectivity index (χ4n) is 1.67. The number of nitrogens with one attached hydrogen (secondary N) is 2. The largest absolute Gasteiger partial charge is 0.480 e. The van der Waals surface area contributed by atoms with Crippen LogP contribution in [0, 0.1) is 0 Å². The Hall–Kier alpha value is -2.41. The van der Waals surface area contributed by atoms with E-state index < -0.39 is 17.1 Å². The second kappa shape index (κ2) is 5.49. The summed E-state index contributed by atoms with van der Waals surface area (Å²) < 4.78 is 4.92. The molecule has 0 spiro atoms. The number of carboxylic acid groups (broad SMARTS) is 1. The Morgan fingerprint density at radius 2 is 1.84 bits per heavy atom. The van der Waals surface area contributed by atoms with Crippen LogP contribution in [0.1, 0.15) is 5.56 Å². The number of carboxylic acids is 1. The van der Waals surface area contributed by atoms with Gasteiger partial charge in [-0.25, -0.2) is 4.79 Å². The molecule has 0 atom stereocenters. The van der Waals surface area contributed by atoms with Gasteiger partial charge in [0.05, 0.1) is 17.6 Å². The molecule has 2 rings (SSSR count). The molecule has 7 heteroatoms. The molecule has 1 heterocycles. The van der Waals surface area contributed by atoms with Crippen molar-refractivity contribution in [3.05, 3.63) is 44.5 Å². The molecule has 100 valence electrons. The van der Waals surface area contributed by atoms with Gasteiger partial charge in [0.2, 0.25) is 0 Å². The number of fused-ring (bicyclic) bond motifs is 1. The zero-order valence-corrected chi connectivity index (χ0v) is 9.93. The van der Waals surface area contributed by atoms with Crippen molar-refractivity contribution in [2.75, 3.05) is 13.2 Å². The van der Waals surface area contributed by atoms with E-state index in [0.717, 1.165) is 5.56 Å². The Bertz CT molecular complexity index is 716. The summed E-state index contributed by atoms with van der Waals surface area (Å²) in [6, 6.07) is 5.18. The fourth-order valence-corrected chi connectivity index (χ4v) is 1.67. The molecule has 0 radical (unpaired) electrons. The second-order valence-electron chi connectivity index (χ2n) is 3.98. The van der Waals surface area contributed by atoms with Gasteiger partial charge < -0.3 is 19.8 Å². The van der Waals surface area contributed by atoms with Crippen molar-refractivity contribution in [1.29, 1.82) is 0 Å². The van der Waals surface area contributed by atoms with Crippen LogP contribution in [0.4, 0.5) is 0 Å². The van der Waals surface area contributed by atoms with Gasteiger partial charge in [-0.05, 0) is 24.1 Å². The average Bonchev–Trinajstić information content (AvgIpc) is 2.36. The highest BCUT2D eigenvalue weighted by Gasteiger charge is 2.02. The molecule has 0 aliphatic heterocycles. The summed E-state index contributed by atoms with van der Waals surface area (Å²) in [5.74, 6) is -1.01. The van der Waals surface area contributed by atoms with Crippen molar-refractivity contribution in [2.45, 2.75) is 6.42 Å². The van der Waals surface area contributed by atoms with Gasteiger partial charge in [0.25, 0.3) is 0 Å². The number of carbonyl (C=O) groups is 1. The number of benzene rings is 1. The highest BCUT2D eigenvalue weighted by Crippen LogP contribution is 2.09. The third-order valence-electron chi connectivity index (χ3n) is 2.55. The number of hydrogen-bond donors (Lipinski definition) is 3. The Labute approximate surface area is 106 Å².